The molecular weight excluding hydrogens is 214 g/mol. The van der Waals surface area contributed by atoms with Crippen molar-refractivity contribution in [3.63, 3.8) is 0 Å². The molecule has 1 unspecified atom stereocenters. The van der Waals surface area contributed by atoms with Gasteiger partial charge in [-0.05, 0) is 38.0 Å². The molecule has 0 saturated heterocycles. The van der Waals surface area contributed by atoms with Crippen LogP contribution in [0.5, 0.6) is 0 Å². The van der Waals surface area contributed by atoms with Gasteiger partial charge in [0.25, 0.3) is 0 Å². The summed E-state index contributed by atoms with van der Waals surface area (Å²) in [6, 6.07) is 0.730. The van der Waals surface area contributed by atoms with E-state index in [1.807, 2.05) is 6.08 Å². The van der Waals surface area contributed by atoms with E-state index in [1.165, 1.54) is 56.6 Å². The van der Waals surface area contributed by atoms with Crippen LogP contribution in [0.15, 0.2) is 12.7 Å². The highest BCUT2D eigenvalue weighted by atomic mass is 32.2. The van der Waals surface area contributed by atoms with E-state index >= 15 is 0 Å². The number of hydrogen-bond donors (Lipinski definition) is 1. The van der Waals surface area contributed by atoms with Gasteiger partial charge < -0.3 is 5.32 Å². The summed E-state index contributed by atoms with van der Waals surface area (Å²) < 4.78 is 0. The van der Waals surface area contributed by atoms with Crippen LogP contribution >= 0.6 is 11.8 Å². The summed E-state index contributed by atoms with van der Waals surface area (Å²) in [6.07, 6.45) is 9.81. The molecule has 1 atom stereocenters. The van der Waals surface area contributed by atoms with E-state index in [2.05, 4.69) is 37.5 Å². The van der Waals surface area contributed by atoms with E-state index in [0.29, 0.717) is 0 Å². The lowest BCUT2D eigenvalue weighted by molar-refractivity contribution is 0.490. The first-order valence-corrected chi connectivity index (χ1v) is 7.92. The molecular formula is C14H29NS. The molecule has 16 heavy (non-hydrogen) atoms. The smallest absolute Gasteiger partial charge is 0.0158 e. The fourth-order valence-corrected chi connectivity index (χ4v) is 2.51. The first kappa shape index (κ1) is 16.1. The highest BCUT2D eigenvalue weighted by Crippen LogP contribution is 2.10. The summed E-state index contributed by atoms with van der Waals surface area (Å²) in [7, 11) is 0. The summed E-state index contributed by atoms with van der Waals surface area (Å²) in [5, 5.41) is 3.65. The van der Waals surface area contributed by atoms with Crippen LogP contribution < -0.4 is 5.32 Å². The first-order chi connectivity index (χ1) is 7.85. The topological polar surface area (TPSA) is 12.0 Å². The first-order valence-electron chi connectivity index (χ1n) is 6.77. The fraction of sp³-hybridized carbons (Fsp3) is 0.857. The van der Waals surface area contributed by atoms with E-state index < -0.39 is 0 Å². The number of thioether (sulfide) groups is 1. The summed E-state index contributed by atoms with van der Waals surface area (Å²) in [6.45, 7) is 9.41. The normalized spacial score (nSPS) is 12.6. The quantitative estimate of drug-likeness (QED) is 0.406. The maximum atomic E-state index is 3.76. The van der Waals surface area contributed by atoms with Crippen LogP contribution in [0, 0.1) is 0 Å². The van der Waals surface area contributed by atoms with E-state index in [9.17, 15) is 0 Å². The molecule has 0 spiro atoms. The van der Waals surface area contributed by atoms with Gasteiger partial charge >= 0.3 is 0 Å². The largest absolute Gasteiger partial charge is 0.313 e. The number of rotatable bonds is 12. The van der Waals surface area contributed by atoms with E-state index in [1.54, 1.807) is 0 Å². The van der Waals surface area contributed by atoms with Crippen molar-refractivity contribution in [1.29, 1.82) is 0 Å². The van der Waals surface area contributed by atoms with Crippen molar-refractivity contribution in [3.8, 4) is 0 Å². The van der Waals surface area contributed by atoms with E-state index in [-0.39, 0.29) is 0 Å². The average molecular weight is 243 g/mol. The minimum absolute atomic E-state index is 0.730. The maximum absolute atomic E-state index is 3.76. The molecule has 0 aromatic carbocycles. The third-order valence-corrected chi connectivity index (χ3v) is 3.71. The van der Waals surface area contributed by atoms with Crippen molar-refractivity contribution in [2.24, 2.45) is 0 Å². The highest BCUT2D eigenvalue weighted by Gasteiger charge is 2.06. The Morgan fingerprint density at radius 3 is 2.69 bits per heavy atom. The molecule has 1 nitrogen and oxygen atoms in total. The maximum Gasteiger partial charge on any atom is 0.0158 e. The predicted octanol–water partition coefficient (Wildman–Crippen LogP) is 4.24. The summed E-state index contributed by atoms with van der Waals surface area (Å²) in [5.41, 5.74) is 0. The van der Waals surface area contributed by atoms with Gasteiger partial charge in [0.1, 0.15) is 0 Å². The lowest BCUT2D eigenvalue weighted by atomic mass is 10.1. The van der Waals surface area contributed by atoms with Gasteiger partial charge in [-0.25, -0.2) is 0 Å². The Labute approximate surface area is 106 Å². The molecule has 0 aliphatic heterocycles. The van der Waals surface area contributed by atoms with Gasteiger partial charge in [-0.3, -0.25) is 0 Å². The molecule has 0 aliphatic carbocycles. The zero-order chi connectivity index (χ0) is 12.1. The van der Waals surface area contributed by atoms with Crippen LogP contribution in [-0.2, 0) is 0 Å². The second kappa shape index (κ2) is 13.1. The molecule has 2 heteroatoms. The molecule has 0 heterocycles. The Morgan fingerprint density at radius 1 is 1.25 bits per heavy atom. The van der Waals surface area contributed by atoms with Gasteiger partial charge in [-0.15, -0.1) is 6.58 Å². The predicted molar refractivity (Wildman–Crippen MR) is 78.4 cm³/mol. The van der Waals surface area contributed by atoms with E-state index in [4.69, 9.17) is 0 Å². The fourth-order valence-electron chi connectivity index (χ4n) is 1.71. The SMILES string of the molecule is C=CCCCCCC(CSCC)NCCC. The minimum atomic E-state index is 0.730. The molecule has 0 aromatic heterocycles. The van der Waals surface area contributed by atoms with Crippen LogP contribution in [0.25, 0.3) is 0 Å². The van der Waals surface area contributed by atoms with Crippen LogP contribution in [0.2, 0.25) is 0 Å². The number of allylic oxidation sites excluding steroid dienone is 1. The molecule has 0 rings (SSSR count). The molecule has 0 fully saturated rings. The van der Waals surface area contributed by atoms with Crippen molar-refractivity contribution < 1.29 is 0 Å². The van der Waals surface area contributed by atoms with Crippen LogP contribution in [0.4, 0.5) is 0 Å². The third kappa shape index (κ3) is 10.6. The second-order valence-corrected chi connectivity index (χ2v) is 5.56. The van der Waals surface area contributed by atoms with Gasteiger partial charge in [-0.1, -0.05) is 32.8 Å². The van der Waals surface area contributed by atoms with Gasteiger partial charge in [0, 0.05) is 11.8 Å². The summed E-state index contributed by atoms with van der Waals surface area (Å²) in [5.74, 6) is 2.51. The Bertz CT molecular complexity index is 140. The Morgan fingerprint density at radius 2 is 2.06 bits per heavy atom. The van der Waals surface area contributed by atoms with Gasteiger partial charge in [0.05, 0.1) is 0 Å². The molecule has 96 valence electrons. The van der Waals surface area contributed by atoms with Crippen molar-refractivity contribution in [3.05, 3.63) is 12.7 Å². The Hall–Kier alpha value is 0.0500. The van der Waals surface area contributed by atoms with Gasteiger partial charge in [0.2, 0.25) is 0 Å². The summed E-state index contributed by atoms with van der Waals surface area (Å²) in [4.78, 5) is 0. The average Bonchev–Trinajstić information content (AvgIpc) is 2.31. The molecule has 0 saturated carbocycles. The zero-order valence-electron chi connectivity index (χ0n) is 11.1. The zero-order valence-corrected chi connectivity index (χ0v) is 12.0. The lowest BCUT2D eigenvalue weighted by Gasteiger charge is -2.17. The lowest BCUT2D eigenvalue weighted by Crippen LogP contribution is -2.32. The molecule has 0 aliphatic rings. The minimum Gasteiger partial charge on any atom is -0.313 e. The standard InChI is InChI=1S/C14H29NS/c1-4-7-8-9-10-11-14(13-16-6-3)15-12-5-2/h4,14-15H,1,5-13H2,2-3H3. The number of nitrogens with one attached hydrogen (secondary N) is 1. The van der Waals surface area contributed by atoms with Gasteiger partial charge in [0.15, 0.2) is 0 Å². The molecule has 0 radical (unpaired) electrons. The van der Waals surface area contributed by atoms with Crippen molar-refractivity contribution in [2.75, 3.05) is 18.1 Å². The Balaban J connectivity index is 3.51. The van der Waals surface area contributed by atoms with Crippen LogP contribution in [-0.4, -0.2) is 24.1 Å². The summed E-state index contributed by atoms with van der Waals surface area (Å²) >= 11 is 2.06. The number of hydrogen-bond acceptors (Lipinski definition) is 2. The molecule has 0 aromatic rings. The highest BCUT2D eigenvalue weighted by molar-refractivity contribution is 7.99. The van der Waals surface area contributed by atoms with Crippen molar-refractivity contribution in [2.45, 2.75) is 58.4 Å². The van der Waals surface area contributed by atoms with Crippen molar-refractivity contribution >= 4 is 11.8 Å². The second-order valence-electron chi connectivity index (χ2n) is 4.24. The van der Waals surface area contributed by atoms with Crippen LogP contribution in [0.1, 0.15) is 52.4 Å². The third-order valence-electron chi connectivity index (χ3n) is 2.67. The van der Waals surface area contributed by atoms with E-state index in [0.717, 1.165) is 6.04 Å². The number of unbranched alkanes of at least 4 members (excludes halogenated alkanes) is 3. The van der Waals surface area contributed by atoms with Crippen LogP contribution in [0.3, 0.4) is 0 Å². The monoisotopic (exact) mass is 243 g/mol. The Kier molecular flexibility index (Phi) is 13.2. The molecule has 0 bridgehead atoms. The van der Waals surface area contributed by atoms with Crippen molar-refractivity contribution in [1.82, 2.24) is 5.32 Å². The molecule has 1 N–H and O–H groups in total. The van der Waals surface area contributed by atoms with Gasteiger partial charge in [-0.2, -0.15) is 11.8 Å². The molecule has 0 amide bonds.